The van der Waals surface area contributed by atoms with E-state index >= 15 is 0 Å². The van der Waals surface area contributed by atoms with E-state index in [-0.39, 0.29) is 16.9 Å². The van der Waals surface area contributed by atoms with Crippen LogP contribution in [0.4, 0.5) is 10.1 Å². The molecule has 5 heteroatoms. The van der Waals surface area contributed by atoms with Gasteiger partial charge < -0.3 is 10.7 Å². The number of nitrogens with one attached hydrogen (secondary N) is 1. The molecule has 0 aliphatic carbocycles. The lowest BCUT2D eigenvalue weighted by molar-refractivity contribution is 0.630. The lowest BCUT2D eigenvalue weighted by atomic mass is 10.0. The van der Waals surface area contributed by atoms with Gasteiger partial charge in [-0.2, -0.15) is 0 Å². The van der Waals surface area contributed by atoms with Crippen molar-refractivity contribution in [1.82, 2.24) is 9.97 Å². The average molecular weight is 309 g/mol. The van der Waals surface area contributed by atoms with Crippen molar-refractivity contribution >= 4 is 5.69 Å². The topological polar surface area (TPSA) is 71.8 Å². The zero-order valence-corrected chi connectivity index (χ0v) is 12.6. The van der Waals surface area contributed by atoms with Crippen LogP contribution < -0.4 is 11.3 Å². The maximum Gasteiger partial charge on any atom is 0.251 e. The predicted octanol–water partition coefficient (Wildman–Crippen LogP) is 3.39. The zero-order valence-electron chi connectivity index (χ0n) is 12.6. The van der Waals surface area contributed by atoms with Crippen LogP contribution in [0.15, 0.2) is 53.3 Å². The Morgan fingerprint density at radius 1 is 1.17 bits per heavy atom. The van der Waals surface area contributed by atoms with Gasteiger partial charge in [0.2, 0.25) is 0 Å². The Bertz CT molecular complexity index is 918. The van der Waals surface area contributed by atoms with Crippen LogP contribution in [0, 0.1) is 5.82 Å². The largest absolute Gasteiger partial charge is 0.398 e. The number of hydrogen-bond acceptors (Lipinski definition) is 3. The van der Waals surface area contributed by atoms with Crippen molar-refractivity contribution in [2.75, 3.05) is 5.73 Å². The second kappa shape index (κ2) is 6.04. The molecule has 0 saturated heterocycles. The van der Waals surface area contributed by atoms with Gasteiger partial charge in [-0.15, -0.1) is 0 Å². The van der Waals surface area contributed by atoms with Crippen molar-refractivity contribution in [3.05, 3.63) is 70.3 Å². The molecule has 23 heavy (non-hydrogen) atoms. The Hall–Kier alpha value is -2.95. The van der Waals surface area contributed by atoms with Crippen LogP contribution in [0.2, 0.25) is 0 Å². The fourth-order valence-corrected chi connectivity index (χ4v) is 2.46. The van der Waals surface area contributed by atoms with E-state index in [0.717, 1.165) is 17.5 Å². The summed E-state index contributed by atoms with van der Waals surface area (Å²) in [7, 11) is 0. The minimum Gasteiger partial charge on any atom is -0.398 e. The third kappa shape index (κ3) is 2.99. The highest BCUT2D eigenvalue weighted by molar-refractivity contribution is 5.68. The number of anilines is 1. The first-order valence-electron chi connectivity index (χ1n) is 7.33. The molecule has 0 amide bonds. The van der Waals surface area contributed by atoms with Gasteiger partial charge in [-0.05, 0) is 30.2 Å². The molecule has 0 unspecified atom stereocenters. The van der Waals surface area contributed by atoms with Crippen LogP contribution in [-0.2, 0) is 6.42 Å². The number of benzene rings is 2. The summed E-state index contributed by atoms with van der Waals surface area (Å²) < 4.78 is 13.9. The third-order valence-electron chi connectivity index (χ3n) is 3.69. The molecule has 3 rings (SSSR count). The number of nitrogen functional groups attached to an aromatic ring is 1. The van der Waals surface area contributed by atoms with Crippen molar-refractivity contribution in [2.24, 2.45) is 0 Å². The fraction of sp³-hybridized carbons (Fsp3) is 0.111. The van der Waals surface area contributed by atoms with E-state index in [0.29, 0.717) is 11.4 Å². The smallest absolute Gasteiger partial charge is 0.251 e. The van der Waals surface area contributed by atoms with Gasteiger partial charge in [-0.1, -0.05) is 31.2 Å². The van der Waals surface area contributed by atoms with Crippen LogP contribution in [0.25, 0.3) is 22.6 Å². The summed E-state index contributed by atoms with van der Waals surface area (Å²) in [5, 5.41) is 0. The van der Waals surface area contributed by atoms with Gasteiger partial charge in [-0.25, -0.2) is 9.37 Å². The molecule has 0 aliphatic rings. The normalized spacial score (nSPS) is 10.7. The lowest BCUT2D eigenvalue weighted by Crippen LogP contribution is -2.09. The molecular weight excluding hydrogens is 293 g/mol. The molecule has 0 fully saturated rings. The average Bonchev–Trinajstić information content (AvgIpc) is 2.54. The van der Waals surface area contributed by atoms with Gasteiger partial charge in [0.15, 0.2) is 0 Å². The molecule has 1 heterocycles. The van der Waals surface area contributed by atoms with Gasteiger partial charge in [0, 0.05) is 17.3 Å². The van der Waals surface area contributed by atoms with Crippen LogP contribution in [0.1, 0.15) is 12.5 Å². The molecule has 0 atom stereocenters. The second-order valence-corrected chi connectivity index (χ2v) is 5.23. The monoisotopic (exact) mass is 309 g/mol. The van der Waals surface area contributed by atoms with Gasteiger partial charge in [0.05, 0.1) is 11.3 Å². The van der Waals surface area contributed by atoms with Gasteiger partial charge in [-0.3, -0.25) is 4.79 Å². The van der Waals surface area contributed by atoms with Gasteiger partial charge in [0.1, 0.15) is 11.6 Å². The quantitative estimate of drug-likeness (QED) is 0.728. The van der Waals surface area contributed by atoms with Crippen LogP contribution >= 0.6 is 0 Å². The van der Waals surface area contributed by atoms with Crippen LogP contribution in [0.5, 0.6) is 0 Å². The van der Waals surface area contributed by atoms with E-state index < -0.39 is 5.82 Å². The Morgan fingerprint density at radius 3 is 2.65 bits per heavy atom. The van der Waals surface area contributed by atoms with Gasteiger partial charge in [0.25, 0.3) is 5.56 Å². The lowest BCUT2D eigenvalue weighted by Gasteiger charge is -2.08. The number of hydrogen-bond donors (Lipinski definition) is 2. The van der Waals surface area contributed by atoms with Crippen molar-refractivity contribution in [2.45, 2.75) is 13.3 Å². The third-order valence-corrected chi connectivity index (χ3v) is 3.69. The Balaban J connectivity index is 2.13. The summed E-state index contributed by atoms with van der Waals surface area (Å²) in [6, 6.07) is 13.1. The first kappa shape index (κ1) is 15.0. The summed E-state index contributed by atoms with van der Waals surface area (Å²) in [4.78, 5) is 18.9. The van der Waals surface area contributed by atoms with Gasteiger partial charge >= 0.3 is 0 Å². The predicted molar refractivity (Wildman–Crippen MR) is 89.5 cm³/mol. The highest BCUT2D eigenvalue weighted by atomic mass is 19.1. The fourth-order valence-electron chi connectivity index (χ4n) is 2.46. The number of nitrogens with two attached hydrogens (primary N) is 1. The molecular formula is C18H16FN3O. The minimum atomic E-state index is -0.436. The maximum absolute atomic E-state index is 13.9. The molecule has 4 nitrogen and oxygen atoms in total. The second-order valence-electron chi connectivity index (χ2n) is 5.23. The molecule has 0 aliphatic heterocycles. The van der Waals surface area contributed by atoms with Crippen LogP contribution in [0.3, 0.4) is 0 Å². The van der Waals surface area contributed by atoms with E-state index in [9.17, 15) is 9.18 Å². The Kier molecular flexibility index (Phi) is 3.93. The minimum absolute atomic E-state index is 0.198. The standard InChI is InChI=1S/C18H16FN3O/c1-2-11-7-8-12(9-15(11)20)16-10-17(23)22-18(21-16)13-5-3-4-6-14(13)19/h3-10H,2,20H2,1H3,(H,21,22,23). The summed E-state index contributed by atoms with van der Waals surface area (Å²) in [5.41, 5.74) is 8.79. The number of halogens is 1. The summed E-state index contributed by atoms with van der Waals surface area (Å²) in [6.45, 7) is 2.02. The zero-order chi connectivity index (χ0) is 16.4. The van der Waals surface area contributed by atoms with Crippen molar-refractivity contribution in [3.8, 4) is 22.6 Å². The van der Waals surface area contributed by atoms with E-state index in [2.05, 4.69) is 9.97 Å². The molecule has 3 N–H and O–H groups in total. The number of nitrogens with zero attached hydrogens (tertiary/aromatic N) is 1. The summed E-state index contributed by atoms with van der Waals surface area (Å²) in [6.07, 6.45) is 0.829. The van der Waals surface area contributed by atoms with Crippen molar-refractivity contribution in [1.29, 1.82) is 0 Å². The van der Waals surface area contributed by atoms with E-state index in [1.807, 2.05) is 19.1 Å². The molecule has 3 aromatic rings. The van der Waals surface area contributed by atoms with Crippen molar-refractivity contribution in [3.63, 3.8) is 0 Å². The molecule has 116 valence electrons. The SMILES string of the molecule is CCc1ccc(-c2cc(=O)[nH]c(-c3ccccc3F)n2)cc1N. The first-order valence-corrected chi connectivity index (χ1v) is 7.33. The number of rotatable bonds is 3. The summed E-state index contributed by atoms with van der Waals surface area (Å²) >= 11 is 0. The number of H-pyrrole nitrogens is 1. The Labute approximate surface area is 132 Å². The number of aromatic amines is 1. The van der Waals surface area contributed by atoms with E-state index in [4.69, 9.17) is 5.73 Å². The first-order chi connectivity index (χ1) is 11.1. The molecule has 0 spiro atoms. The molecule has 0 bridgehead atoms. The highest BCUT2D eigenvalue weighted by Gasteiger charge is 2.10. The Morgan fingerprint density at radius 2 is 1.96 bits per heavy atom. The van der Waals surface area contributed by atoms with Crippen LogP contribution in [-0.4, -0.2) is 9.97 Å². The molecule has 0 saturated carbocycles. The molecule has 1 aromatic heterocycles. The van der Waals surface area contributed by atoms with Crippen molar-refractivity contribution < 1.29 is 4.39 Å². The number of aromatic nitrogens is 2. The van der Waals surface area contributed by atoms with E-state index in [1.165, 1.54) is 12.1 Å². The molecule has 2 aromatic carbocycles. The maximum atomic E-state index is 13.9. The molecule has 0 radical (unpaired) electrons. The van der Waals surface area contributed by atoms with E-state index in [1.54, 1.807) is 24.3 Å². The number of aryl methyl sites for hydroxylation is 1. The summed E-state index contributed by atoms with van der Waals surface area (Å²) in [5.74, 6) is -0.239. The highest BCUT2D eigenvalue weighted by Crippen LogP contribution is 2.24.